The number of carboxylic acids is 1. The van der Waals surface area contributed by atoms with Crippen molar-refractivity contribution in [3.05, 3.63) is 18.5 Å². The number of aliphatic carboxylic acids is 1. The quantitative estimate of drug-likeness (QED) is 0.671. The highest BCUT2D eigenvalue weighted by Gasteiger charge is 2.28. The van der Waals surface area contributed by atoms with Gasteiger partial charge in [0.25, 0.3) is 0 Å². The molecule has 0 radical (unpaired) electrons. The van der Waals surface area contributed by atoms with Crippen molar-refractivity contribution in [2.24, 2.45) is 7.05 Å². The van der Waals surface area contributed by atoms with E-state index in [0.29, 0.717) is 0 Å². The number of methoxy groups -OCH3 is 1. The molecule has 2 N–H and O–H groups in total. The third-order valence-corrected chi connectivity index (χ3v) is 3.77. The Kier molecular flexibility index (Phi) is 4.67. The molecule has 19 heavy (non-hydrogen) atoms. The second kappa shape index (κ2) is 5.85. The smallest absolute Gasteiger partial charge is 0.322 e. The molecule has 0 amide bonds. The fourth-order valence-corrected chi connectivity index (χ4v) is 2.56. The van der Waals surface area contributed by atoms with Gasteiger partial charge >= 0.3 is 11.9 Å². The van der Waals surface area contributed by atoms with Crippen LogP contribution in [0.3, 0.4) is 0 Å². The lowest BCUT2D eigenvalue weighted by Gasteiger charge is -2.12. The second-order valence-electron chi connectivity index (χ2n) is 3.81. The Morgan fingerprint density at radius 1 is 1.53 bits per heavy atom. The fraction of sp³-hybridized carbons (Fsp3) is 0.400. The zero-order valence-electron chi connectivity index (χ0n) is 10.4. The van der Waals surface area contributed by atoms with E-state index in [1.807, 2.05) is 4.72 Å². The van der Waals surface area contributed by atoms with Crippen molar-refractivity contribution in [2.45, 2.75) is 17.4 Å². The largest absolute Gasteiger partial charge is 0.480 e. The van der Waals surface area contributed by atoms with Gasteiger partial charge in [-0.3, -0.25) is 9.59 Å². The zero-order valence-corrected chi connectivity index (χ0v) is 11.2. The first-order chi connectivity index (χ1) is 8.76. The van der Waals surface area contributed by atoms with Crippen LogP contribution in [0.25, 0.3) is 0 Å². The van der Waals surface area contributed by atoms with Crippen molar-refractivity contribution in [3.8, 4) is 0 Å². The monoisotopic (exact) mass is 290 g/mol. The third-order valence-electron chi connectivity index (χ3n) is 2.31. The van der Waals surface area contributed by atoms with Crippen LogP contribution in [0, 0.1) is 0 Å². The molecule has 0 aliphatic heterocycles. The number of esters is 1. The summed E-state index contributed by atoms with van der Waals surface area (Å²) in [7, 11) is -1.28. The number of sulfonamides is 1. The van der Waals surface area contributed by atoms with E-state index in [-0.39, 0.29) is 4.90 Å². The Bertz CT molecular complexity index is 577. The van der Waals surface area contributed by atoms with Crippen molar-refractivity contribution in [1.29, 1.82) is 0 Å². The first-order valence-corrected chi connectivity index (χ1v) is 6.68. The Morgan fingerprint density at radius 2 is 2.16 bits per heavy atom. The summed E-state index contributed by atoms with van der Waals surface area (Å²) in [4.78, 5) is 21.9. The molecule has 0 bridgehead atoms. The van der Waals surface area contributed by atoms with Crippen LogP contribution < -0.4 is 4.72 Å². The van der Waals surface area contributed by atoms with Gasteiger partial charge in [0.05, 0.1) is 18.4 Å². The summed E-state index contributed by atoms with van der Waals surface area (Å²) in [5.41, 5.74) is 0. The highest BCUT2D eigenvalue weighted by Crippen LogP contribution is 2.10. The van der Waals surface area contributed by atoms with Gasteiger partial charge in [0.2, 0.25) is 10.0 Å². The van der Waals surface area contributed by atoms with Gasteiger partial charge in [-0.15, -0.1) is 0 Å². The van der Waals surface area contributed by atoms with E-state index in [9.17, 15) is 18.0 Å². The lowest BCUT2D eigenvalue weighted by atomic mass is 10.2. The van der Waals surface area contributed by atoms with E-state index in [1.165, 1.54) is 23.0 Å². The number of aromatic nitrogens is 1. The molecule has 1 rings (SSSR count). The lowest BCUT2D eigenvalue weighted by molar-refractivity contribution is -0.147. The first kappa shape index (κ1) is 15.2. The van der Waals surface area contributed by atoms with Gasteiger partial charge in [-0.2, -0.15) is 4.72 Å². The van der Waals surface area contributed by atoms with E-state index in [2.05, 4.69) is 4.74 Å². The predicted molar refractivity (Wildman–Crippen MR) is 63.8 cm³/mol. The average Bonchev–Trinajstić information content (AvgIpc) is 2.75. The van der Waals surface area contributed by atoms with E-state index in [1.54, 1.807) is 7.05 Å². The molecule has 106 valence electrons. The number of carbonyl (C=O) groups excluding carboxylic acids is 1. The number of nitrogens with one attached hydrogen (secondary N) is 1. The number of carboxylic acid groups (broad SMARTS) is 1. The maximum absolute atomic E-state index is 11.9. The molecule has 0 saturated carbocycles. The zero-order chi connectivity index (χ0) is 14.6. The van der Waals surface area contributed by atoms with Gasteiger partial charge in [-0.25, -0.2) is 8.42 Å². The number of hydrogen-bond donors (Lipinski definition) is 2. The van der Waals surface area contributed by atoms with Gasteiger partial charge < -0.3 is 14.4 Å². The highest BCUT2D eigenvalue weighted by molar-refractivity contribution is 7.89. The van der Waals surface area contributed by atoms with E-state index < -0.39 is 34.4 Å². The minimum Gasteiger partial charge on any atom is -0.480 e. The molecular weight excluding hydrogens is 276 g/mol. The SMILES string of the molecule is COC(=O)C[C@H](NS(=O)(=O)c1ccn(C)c1)C(=O)O. The van der Waals surface area contributed by atoms with Crippen molar-refractivity contribution >= 4 is 22.0 Å². The van der Waals surface area contributed by atoms with Gasteiger partial charge in [-0.05, 0) is 6.07 Å². The third kappa shape index (κ3) is 4.07. The Labute approximate surface area is 110 Å². The minimum absolute atomic E-state index is 0.0777. The van der Waals surface area contributed by atoms with Crippen LogP contribution in [0.15, 0.2) is 23.4 Å². The molecule has 0 fully saturated rings. The number of hydrogen-bond acceptors (Lipinski definition) is 5. The molecule has 1 aromatic heterocycles. The van der Waals surface area contributed by atoms with E-state index >= 15 is 0 Å². The van der Waals surface area contributed by atoms with Crippen LogP contribution in [0.2, 0.25) is 0 Å². The van der Waals surface area contributed by atoms with Crippen molar-refractivity contribution in [1.82, 2.24) is 9.29 Å². The molecule has 0 saturated heterocycles. The molecule has 0 unspecified atom stereocenters. The Hall–Kier alpha value is -1.87. The van der Waals surface area contributed by atoms with Gasteiger partial charge in [-0.1, -0.05) is 0 Å². The van der Waals surface area contributed by atoms with Gasteiger partial charge in [0.1, 0.15) is 6.04 Å². The summed E-state index contributed by atoms with van der Waals surface area (Å²) in [5, 5.41) is 8.89. The summed E-state index contributed by atoms with van der Waals surface area (Å²) in [6.45, 7) is 0. The normalized spacial score (nSPS) is 12.9. The van der Waals surface area contributed by atoms with Crippen molar-refractivity contribution in [2.75, 3.05) is 7.11 Å². The van der Waals surface area contributed by atoms with Crippen LogP contribution in [0.5, 0.6) is 0 Å². The molecular formula is C10H14N2O6S. The van der Waals surface area contributed by atoms with E-state index in [4.69, 9.17) is 5.11 Å². The maximum atomic E-state index is 11.9. The van der Waals surface area contributed by atoms with Gasteiger partial charge in [0, 0.05) is 19.4 Å². The van der Waals surface area contributed by atoms with Crippen LogP contribution >= 0.6 is 0 Å². The van der Waals surface area contributed by atoms with Crippen LogP contribution in [-0.2, 0) is 31.4 Å². The number of carbonyl (C=O) groups is 2. The van der Waals surface area contributed by atoms with E-state index in [0.717, 1.165) is 7.11 Å². The standard InChI is InChI=1S/C10H14N2O6S/c1-12-4-3-7(6-12)19(16,17)11-8(10(14)15)5-9(13)18-2/h3-4,6,8,11H,5H2,1-2H3,(H,14,15)/t8-/m0/s1. The summed E-state index contributed by atoms with van der Waals surface area (Å²) in [6.07, 6.45) is 2.24. The Morgan fingerprint density at radius 3 is 2.58 bits per heavy atom. The highest BCUT2D eigenvalue weighted by atomic mass is 32.2. The molecule has 1 heterocycles. The lowest BCUT2D eigenvalue weighted by Crippen LogP contribution is -2.42. The molecule has 9 heteroatoms. The number of ether oxygens (including phenoxy) is 1. The molecule has 1 atom stereocenters. The Balaban J connectivity index is 2.90. The first-order valence-electron chi connectivity index (χ1n) is 5.20. The summed E-state index contributed by atoms with van der Waals surface area (Å²) >= 11 is 0. The molecule has 0 aliphatic rings. The van der Waals surface area contributed by atoms with Gasteiger partial charge in [0.15, 0.2) is 0 Å². The average molecular weight is 290 g/mol. The maximum Gasteiger partial charge on any atom is 0.322 e. The topological polar surface area (TPSA) is 115 Å². The second-order valence-corrected chi connectivity index (χ2v) is 5.52. The van der Waals surface area contributed by atoms with Crippen LogP contribution in [0.4, 0.5) is 0 Å². The summed E-state index contributed by atoms with van der Waals surface area (Å²) in [5.74, 6) is -2.27. The molecule has 1 aromatic rings. The minimum atomic E-state index is -4.00. The molecule has 0 aliphatic carbocycles. The predicted octanol–water partition coefficient (Wildman–Crippen LogP) is -0.680. The fourth-order valence-electron chi connectivity index (χ4n) is 1.32. The summed E-state index contributed by atoms with van der Waals surface area (Å²) in [6, 6.07) is -0.253. The van der Waals surface area contributed by atoms with Crippen LogP contribution in [-0.4, -0.2) is 43.2 Å². The number of aryl methyl sites for hydroxylation is 1. The number of rotatable bonds is 6. The number of nitrogens with zero attached hydrogens (tertiary/aromatic N) is 1. The molecule has 0 aromatic carbocycles. The van der Waals surface area contributed by atoms with Crippen molar-refractivity contribution in [3.63, 3.8) is 0 Å². The molecule has 8 nitrogen and oxygen atoms in total. The molecule has 0 spiro atoms. The van der Waals surface area contributed by atoms with Crippen LogP contribution in [0.1, 0.15) is 6.42 Å². The summed E-state index contributed by atoms with van der Waals surface area (Å²) < 4.78 is 31.5. The van der Waals surface area contributed by atoms with Crippen molar-refractivity contribution < 1.29 is 27.9 Å².